The fourth-order valence-electron chi connectivity index (χ4n) is 2.27. The summed E-state index contributed by atoms with van der Waals surface area (Å²) in [6.45, 7) is 10.0. The van der Waals surface area contributed by atoms with Crippen LogP contribution < -0.4 is 5.43 Å². The molecule has 1 unspecified atom stereocenters. The SMILES string of the molecule is CC(C)(C)[Si](C)(C)OCc1cc(=O)c(O)c(C(C[N+](=O)[O-])c2cccs2)o1. The van der Waals surface area contributed by atoms with Gasteiger partial charge in [-0.3, -0.25) is 14.9 Å². The molecule has 27 heavy (non-hydrogen) atoms. The van der Waals surface area contributed by atoms with E-state index in [0.29, 0.717) is 4.88 Å². The smallest absolute Gasteiger partial charge is 0.227 e. The largest absolute Gasteiger partial charge is 0.502 e. The van der Waals surface area contributed by atoms with Gasteiger partial charge in [0.05, 0.1) is 6.61 Å². The average molecular weight is 412 g/mol. The maximum absolute atomic E-state index is 12.2. The fraction of sp³-hybridized carbons (Fsp3) is 0.500. The van der Waals surface area contributed by atoms with Crippen LogP contribution in [0.5, 0.6) is 5.75 Å². The highest BCUT2D eigenvalue weighted by atomic mass is 32.1. The third-order valence-electron chi connectivity index (χ3n) is 4.92. The van der Waals surface area contributed by atoms with Crippen molar-refractivity contribution in [1.29, 1.82) is 0 Å². The molecular weight excluding hydrogens is 386 g/mol. The zero-order valence-corrected chi connectivity index (χ0v) is 18.0. The molecular formula is C18H25NO6SSi. The van der Waals surface area contributed by atoms with Crippen LogP contribution in [-0.2, 0) is 11.0 Å². The minimum absolute atomic E-state index is 0.0157. The van der Waals surface area contributed by atoms with E-state index in [1.54, 1.807) is 17.5 Å². The third-order valence-corrected chi connectivity index (χ3v) is 10.4. The van der Waals surface area contributed by atoms with E-state index in [9.17, 15) is 20.0 Å². The molecule has 1 N–H and O–H groups in total. The molecule has 7 nitrogen and oxygen atoms in total. The van der Waals surface area contributed by atoms with E-state index in [1.165, 1.54) is 17.4 Å². The first kappa shape index (κ1) is 21.3. The fourth-order valence-corrected chi connectivity index (χ4v) is 4.02. The van der Waals surface area contributed by atoms with Gasteiger partial charge in [0, 0.05) is 15.9 Å². The van der Waals surface area contributed by atoms with Crippen molar-refractivity contribution in [3.63, 3.8) is 0 Å². The molecule has 2 rings (SSSR count). The molecule has 1 atom stereocenters. The maximum atomic E-state index is 12.2. The van der Waals surface area contributed by atoms with Crippen molar-refractivity contribution in [2.45, 2.75) is 51.4 Å². The molecule has 0 aliphatic carbocycles. The van der Waals surface area contributed by atoms with Crippen molar-refractivity contribution >= 4 is 19.7 Å². The standard InChI is InChI=1S/C18H25NO6SSi/c1-18(2,3)27(4,5)24-11-12-9-14(20)16(21)17(25-12)13(10-19(22)23)15-7-6-8-26-15/h6-9,13,21H,10-11H2,1-5H3. The molecule has 0 spiro atoms. The molecule has 0 saturated heterocycles. The first-order valence-electron chi connectivity index (χ1n) is 8.57. The van der Waals surface area contributed by atoms with Gasteiger partial charge in [-0.05, 0) is 29.6 Å². The number of rotatable bonds is 7. The maximum Gasteiger partial charge on any atom is 0.227 e. The van der Waals surface area contributed by atoms with Crippen LogP contribution in [0, 0.1) is 10.1 Å². The lowest BCUT2D eigenvalue weighted by Gasteiger charge is -2.35. The molecule has 0 aliphatic rings. The zero-order chi connectivity index (χ0) is 20.4. The van der Waals surface area contributed by atoms with Crippen molar-refractivity contribution in [2.24, 2.45) is 0 Å². The summed E-state index contributed by atoms with van der Waals surface area (Å²) in [6, 6.07) is 4.66. The molecule has 0 radical (unpaired) electrons. The number of nitro groups is 1. The quantitative estimate of drug-likeness (QED) is 0.413. The molecule has 0 bridgehead atoms. The number of hydrogen-bond acceptors (Lipinski definition) is 7. The van der Waals surface area contributed by atoms with Gasteiger partial charge in [-0.1, -0.05) is 26.8 Å². The van der Waals surface area contributed by atoms with Crippen molar-refractivity contribution in [2.75, 3.05) is 6.54 Å². The Morgan fingerprint density at radius 1 is 1.41 bits per heavy atom. The Balaban J connectivity index is 2.40. The van der Waals surface area contributed by atoms with Crippen LogP contribution >= 0.6 is 11.3 Å². The Morgan fingerprint density at radius 3 is 2.59 bits per heavy atom. The number of nitrogens with zero attached hydrogens (tertiary/aromatic N) is 1. The van der Waals surface area contributed by atoms with Gasteiger partial charge in [0.15, 0.2) is 14.1 Å². The Kier molecular flexibility index (Phi) is 6.28. The van der Waals surface area contributed by atoms with E-state index >= 15 is 0 Å². The lowest BCUT2D eigenvalue weighted by molar-refractivity contribution is -0.482. The summed E-state index contributed by atoms with van der Waals surface area (Å²) < 4.78 is 11.8. The number of hydrogen-bond donors (Lipinski definition) is 1. The highest BCUT2D eigenvalue weighted by Crippen LogP contribution is 2.37. The van der Waals surface area contributed by atoms with Gasteiger partial charge in [-0.25, -0.2) is 0 Å². The Hall–Kier alpha value is -1.97. The first-order valence-corrected chi connectivity index (χ1v) is 12.4. The summed E-state index contributed by atoms with van der Waals surface area (Å²) >= 11 is 1.31. The number of aromatic hydroxyl groups is 1. The molecule has 148 valence electrons. The minimum atomic E-state index is -2.07. The Labute approximate surface area is 162 Å². The lowest BCUT2D eigenvalue weighted by atomic mass is 10.0. The van der Waals surface area contributed by atoms with Gasteiger partial charge >= 0.3 is 0 Å². The molecule has 0 aliphatic heterocycles. The zero-order valence-electron chi connectivity index (χ0n) is 16.1. The molecule has 0 fully saturated rings. The van der Waals surface area contributed by atoms with Crippen molar-refractivity contribution in [1.82, 2.24) is 0 Å². The minimum Gasteiger partial charge on any atom is -0.502 e. The van der Waals surface area contributed by atoms with E-state index in [0.717, 1.165) is 0 Å². The van der Waals surface area contributed by atoms with Crippen LogP contribution in [0.15, 0.2) is 32.8 Å². The third kappa shape index (κ3) is 5.05. The van der Waals surface area contributed by atoms with Gasteiger partial charge in [0.25, 0.3) is 0 Å². The lowest BCUT2D eigenvalue weighted by Crippen LogP contribution is -2.40. The molecule has 0 amide bonds. The summed E-state index contributed by atoms with van der Waals surface area (Å²) in [4.78, 5) is 23.5. The second-order valence-corrected chi connectivity index (χ2v) is 13.7. The Bertz CT molecular complexity index is 854. The van der Waals surface area contributed by atoms with Gasteiger partial charge < -0.3 is 13.9 Å². The highest BCUT2D eigenvalue weighted by Gasteiger charge is 2.37. The van der Waals surface area contributed by atoms with Gasteiger partial charge in [0.1, 0.15) is 11.7 Å². The van der Waals surface area contributed by atoms with Gasteiger partial charge in [0.2, 0.25) is 17.7 Å². The van der Waals surface area contributed by atoms with Crippen molar-refractivity contribution in [3.05, 3.63) is 60.3 Å². The molecule has 9 heteroatoms. The van der Waals surface area contributed by atoms with Crippen LogP contribution in [0.25, 0.3) is 0 Å². The number of thiophene rings is 1. The molecule has 2 aromatic rings. The second kappa shape index (κ2) is 7.95. The monoisotopic (exact) mass is 411 g/mol. The van der Waals surface area contributed by atoms with E-state index in [1.807, 2.05) is 0 Å². The van der Waals surface area contributed by atoms with E-state index in [2.05, 4.69) is 33.9 Å². The summed E-state index contributed by atoms with van der Waals surface area (Å²) in [5.41, 5.74) is -0.630. The molecule has 0 aromatic carbocycles. The van der Waals surface area contributed by atoms with Gasteiger partial charge in [-0.2, -0.15) is 0 Å². The van der Waals surface area contributed by atoms with Crippen LogP contribution in [0.1, 0.15) is 43.1 Å². The van der Waals surface area contributed by atoms with Crippen molar-refractivity contribution in [3.8, 4) is 5.75 Å². The van der Waals surface area contributed by atoms with Crippen LogP contribution in [0.4, 0.5) is 0 Å². The summed E-state index contributed by atoms with van der Waals surface area (Å²) in [7, 11) is -2.07. The molecule has 2 heterocycles. The molecule has 0 saturated carbocycles. The topological polar surface area (TPSA) is 103 Å². The molecule has 2 aromatic heterocycles. The summed E-state index contributed by atoms with van der Waals surface area (Å²) in [5.74, 6) is -1.26. The predicted octanol–water partition coefficient (Wildman–Crippen LogP) is 4.34. The highest BCUT2D eigenvalue weighted by molar-refractivity contribution is 7.10. The van der Waals surface area contributed by atoms with Crippen LogP contribution in [-0.4, -0.2) is 24.9 Å². The Morgan fingerprint density at radius 2 is 2.07 bits per heavy atom. The van der Waals surface area contributed by atoms with Gasteiger partial charge in [-0.15, -0.1) is 11.3 Å². The summed E-state index contributed by atoms with van der Waals surface area (Å²) in [5, 5.41) is 23.1. The predicted molar refractivity (Wildman–Crippen MR) is 107 cm³/mol. The van der Waals surface area contributed by atoms with E-state index in [4.69, 9.17) is 8.84 Å². The average Bonchev–Trinajstić information content (AvgIpc) is 3.07. The summed E-state index contributed by atoms with van der Waals surface area (Å²) in [6.07, 6.45) is 0. The van der Waals surface area contributed by atoms with Crippen LogP contribution in [0.3, 0.4) is 0 Å². The normalized spacial score (nSPS) is 13.5. The first-order chi connectivity index (χ1) is 12.4. The van der Waals surface area contributed by atoms with E-state index in [-0.39, 0.29) is 23.2 Å². The van der Waals surface area contributed by atoms with E-state index < -0.39 is 36.9 Å². The van der Waals surface area contributed by atoms with Crippen LogP contribution in [0.2, 0.25) is 18.1 Å². The van der Waals surface area contributed by atoms with Crippen molar-refractivity contribution < 1.29 is 18.9 Å². The second-order valence-electron chi connectivity index (χ2n) is 7.92.